The first kappa shape index (κ1) is 13.7. The molecular formula is C12H13N5O3. The topological polar surface area (TPSA) is 114 Å². The van der Waals surface area contributed by atoms with Crippen LogP contribution in [-0.4, -0.2) is 26.0 Å². The van der Waals surface area contributed by atoms with E-state index < -0.39 is 10.8 Å². The van der Waals surface area contributed by atoms with Crippen molar-refractivity contribution >= 4 is 11.6 Å². The Morgan fingerprint density at radius 2 is 2.35 bits per heavy atom. The number of amides is 1. The van der Waals surface area contributed by atoms with Crippen molar-refractivity contribution in [3.63, 3.8) is 0 Å². The molecule has 0 radical (unpaired) electrons. The molecule has 1 unspecified atom stereocenters. The number of nitro groups is 1. The largest absolute Gasteiger partial charge is 0.348 e. The van der Waals surface area contributed by atoms with E-state index >= 15 is 0 Å². The lowest BCUT2D eigenvalue weighted by Crippen LogP contribution is -2.28. The van der Waals surface area contributed by atoms with Gasteiger partial charge < -0.3 is 5.32 Å². The summed E-state index contributed by atoms with van der Waals surface area (Å²) in [6.07, 6.45) is 1.35. The van der Waals surface area contributed by atoms with Gasteiger partial charge in [-0.1, -0.05) is 12.1 Å². The quantitative estimate of drug-likeness (QED) is 0.627. The Morgan fingerprint density at radius 1 is 1.55 bits per heavy atom. The highest BCUT2D eigenvalue weighted by molar-refractivity contribution is 5.83. The van der Waals surface area contributed by atoms with Crippen LogP contribution in [0.1, 0.15) is 24.2 Å². The van der Waals surface area contributed by atoms with Crippen molar-refractivity contribution in [1.29, 1.82) is 0 Å². The molecule has 0 aliphatic heterocycles. The molecule has 8 nitrogen and oxygen atoms in total. The maximum absolute atomic E-state index is 12.0. The third kappa shape index (κ3) is 3.16. The van der Waals surface area contributed by atoms with Crippen LogP contribution in [0.5, 0.6) is 0 Å². The summed E-state index contributed by atoms with van der Waals surface area (Å²) in [6.45, 7) is 1.92. The highest BCUT2D eigenvalue weighted by atomic mass is 16.6. The first-order valence-electron chi connectivity index (χ1n) is 5.94. The van der Waals surface area contributed by atoms with Gasteiger partial charge in [0.25, 0.3) is 5.69 Å². The molecule has 2 N–H and O–H groups in total. The van der Waals surface area contributed by atoms with Gasteiger partial charge >= 0.3 is 0 Å². The van der Waals surface area contributed by atoms with E-state index in [4.69, 9.17) is 0 Å². The van der Waals surface area contributed by atoms with E-state index in [0.29, 0.717) is 11.4 Å². The maximum Gasteiger partial charge on any atom is 0.269 e. The van der Waals surface area contributed by atoms with Crippen LogP contribution in [0.25, 0.3) is 0 Å². The summed E-state index contributed by atoms with van der Waals surface area (Å²) in [7, 11) is 0. The van der Waals surface area contributed by atoms with Crippen LogP contribution in [0.15, 0.2) is 30.6 Å². The predicted molar refractivity (Wildman–Crippen MR) is 69.7 cm³/mol. The maximum atomic E-state index is 12.0. The van der Waals surface area contributed by atoms with Gasteiger partial charge in [-0.25, -0.2) is 4.98 Å². The monoisotopic (exact) mass is 275 g/mol. The second-order valence-corrected chi connectivity index (χ2v) is 4.22. The molecule has 104 valence electrons. The van der Waals surface area contributed by atoms with E-state index in [1.54, 1.807) is 19.1 Å². The van der Waals surface area contributed by atoms with Gasteiger partial charge in [-0.05, 0) is 12.5 Å². The normalized spacial score (nSPS) is 11.8. The average Bonchev–Trinajstić information content (AvgIpc) is 2.97. The fourth-order valence-corrected chi connectivity index (χ4v) is 1.70. The summed E-state index contributed by atoms with van der Waals surface area (Å²) < 4.78 is 0. The van der Waals surface area contributed by atoms with Crippen molar-refractivity contribution in [2.45, 2.75) is 19.4 Å². The lowest BCUT2D eigenvalue weighted by atomic mass is 10.00. The molecule has 0 spiro atoms. The van der Waals surface area contributed by atoms with E-state index in [2.05, 4.69) is 20.5 Å². The Balaban J connectivity index is 2.02. The first-order valence-corrected chi connectivity index (χ1v) is 5.94. The number of aromatic amines is 1. The van der Waals surface area contributed by atoms with Gasteiger partial charge in [0.2, 0.25) is 5.91 Å². The van der Waals surface area contributed by atoms with Crippen LogP contribution in [0, 0.1) is 10.1 Å². The van der Waals surface area contributed by atoms with Gasteiger partial charge in [-0.15, -0.1) is 0 Å². The molecule has 20 heavy (non-hydrogen) atoms. The number of hydrogen-bond donors (Lipinski definition) is 2. The number of nitro benzene ring substituents is 1. The van der Waals surface area contributed by atoms with Crippen molar-refractivity contribution in [2.24, 2.45) is 0 Å². The minimum Gasteiger partial charge on any atom is -0.348 e. The molecule has 0 aliphatic carbocycles. The third-order valence-corrected chi connectivity index (χ3v) is 2.87. The Kier molecular flexibility index (Phi) is 4.04. The first-order chi connectivity index (χ1) is 9.58. The molecular weight excluding hydrogens is 262 g/mol. The van der Waals surface area contributed by atoms with Gasteiger partial charge in [0.05, 0.1) is 17.4 Å². The smallest absolute Gasteiger partial charge is 0.269 e. The summed E-state index contributed by atoms with van der Waals surface area (Å²) >= 11 is 0. The average molecular weight is 275 g/mol. The molecule has 1 amide bonds. The second-order valence-electron chi connectivity index (χ2n) is 4.22. The van der Waals surface area contributed by atoms with Gasteiger partial charge in [0, 0.05) is 12.1 Å². The lowest BCUT2D eigenvalue weighted by molar-refractivity contribution is -0.384. The number of aromatic nitrogens is 3. The van der Waals surface area contributed by atoms with Gasteiger partial charge in [0.1, 0.15) is 12.2 Å². The summed E-state index contributed by atoms with van der Waals surface area (Å²) in [6, 6.07) is 6.04. The van der Waals surface area contributed by atoms with Crippen molar-refractivity contribution in [3.8, 4) is 0 Å². The van der Waals surface area contributed by atoms with Gasteiger partial charge in [0.15, 0.2) is 0 Å². The summed E-state index contributed by atoms with van der Waals surface area (Å²) in [5.41, 5.74) is 0.562. The number of hydrogen-bond acceptors (Lipinski definition) is 5. The molecule has 0 fully saturated rings. The molecule has 0 aliphatic rings. The second kappa shape index (κ2) is 5.91. The minimum absolute atomic E-state index is 0.0302. The molecule has 1 heterocycles. The predicted octanol–water partition coefficient (Wildman–Crippen LogP) is 1.13. The third-order valence-electron chi connectivity index (χ3n) is 2.87. The number of non-ortho nitro benzene ring substituents is 1. The summed E-state index contributed by atoms with van der Waals surface area (Å²) in [4.78, 5) is 26.1. The summed E-state index contributed by atoms with van der Waals surface area (Å²) in [5.74, 6) is -0.177. The van der Waals surface area contributed by atoms with Crippen molar-refractivity contribution in [3.05, 3.63) is 52.1 Å². The van der Waals surface area contributed by atoms with Crippen molar-refractivity contribution in [1.82, 2.24) is 20.5 Å². The Labute approximate surface area is 114 Å². The fraction of sp³-hybridized carbons (Fsp3) is 0.250. The standard InChI is InChI=1S/C12H13N5O3/c1-8(9-3-2-4-10(5-9)17(19)20)12(18)13-6-11-14-7-15-16-11/h2-5,7-8H,6H2,1H3,(H,13,18)(H,14,15,16). The molecule has 0 saturated carbocycles. The summed E-state index contributed by atoms with van der Waals surface area (Å²) in [5, 5.41) is 19.7. The molecule has 2 rings (SSSR count). The number of H-pyrrole nitrogens is 1. The van der Waals surface area contributed by atoms with E-state index in [9.17, 15) is 14.9 Å². The molecule has 1 aromatic heterocycles. The van der Waals surface area contributed by atoms with E-state index in [-0.39, 0.29) is 18.1 Å². The van der Waals surface area contributed by atoms with Crippen LogP contribution < -0.4 is 5.32 Å². The van der Waals surface area contributed by atoms with E-state index in [1.165, 1.54) is 18.5 Å². The number of benzene rings is 1. The fourth-order valence-electron chi connectivity index (χ4n) is 1.70. The Hall–Kier alpha value is -2.77. The molecule has 1 aromatic carbocycles. The molecule has 0 bridgehead atoms. The zero-order chi connectivity index (χ0) is 14.5. The van der Waals surface area contributed by atoms with Crippen molar-refractivity contribution < 1.29 is 9.72 Å². The van der Waals surface area contributed by atoms with E-state index in [0.717, 1.165) is 0 Å². The van der Waals surface area contributed by atoms with Crippen LogP contribution in [0.4, 0.5) is 5.69 Å². The number of nitrogens with zero attached hydrogens (tertiary/aromatic N) is 3. The molecule has 1 atom stereocenters. The number of rotatable bonds is 5. The highest BCUT2D eigenvalue weighted by Crippen LogP contribution is 2.20. The zero-order valence-corrected chi connectivity index (χ0v) is 10.7. The van der Waals surface area contributed by atoms with Crippen LogP contribution in [0.2, 0.25) is 0 Å². The zero-order valence-electron chi connectivity index (χ0n) is 10.7. The molecule has 0 saturated heterocycles. The van der Waals surface area contributed by atoms with Gasteiger partial charge in [-0.3, -0.25) is 20.0 Å². The van der Waals surface area contributed by atoms with Crippen molar-refractivity contribution in [2.75, 3.05) is 0 Å². The van der Waals surface area contributed by atoms with Crippen LogP contribution >= 0.6 is 0 Å². The van der Waals surface area contributed by atoms with Crippen LogP contribution in [0.3, 0.4) is 0 Å². The van der Waals surface area contributed by atoms with Gasteiger partial charge in [-0.2, -0.15) is 5.10 Å². The number of carbonyl (C=O) groups is 1. The Morgan fingerprint density at radius 3 is 3.00 bits per heavy atom. The SMILES string of the molecule is CC(C(=O)NCc1ncn[nH]1)c1cccc([N+](=O)[O-])c1. The Bertz CT molecular complexity index is 611. The van der Waals surface area contributed by atoms with E-state index in [1.807, 2.05) is 0 Å². The molecule has 8 heteroatoms. The minimum atomic E-state index is -0.488. The molecule has 2 aromatic rings. The lowest BCUT2D eigenvalue weighted by Gasteiger charge is -2.11. The van der Waals surface area contributed by atoms with Crippen LogP contribution in [-0.2, 0) is 11.3 Å². The number of carbonyl (C=O) groups excluding carboxylic acids is 1. The highest BCUT2D eigenvalue weighted by Gasteiger charge is 2.17. The number of nitrogens with one attached hydrogen (secondary N) is 2.